The van der Waals surface area contributed by atoms with Crippen LogP contribution < -0.4 is 4.72 Å². The zero-order chi connectivity index (χ0) is 13.0. The van der Waals surface area contributed by atoms with E-state index in [0.717, 1.165) is 0 Å². The number of carbonyl (C=O) groups excluding carboxylic acids is 1. The molecule has 6 heteroatoms. The standard InChI is InChI=1S/C10H21NO4S/c1-6-15-9(12)8(2)11-16(13,14)7-10(3,4)5/h8,11H,6-7H2,1-5H3. The molecule has 0 aromatic rings. The van der Waals surface area contributed by atoms with Gasteiger partial charge in [0.1, 0.15) is 6.04 Å². The average molecular weight is 251 g/mol. The lowest BCUT2D eigenvalue weighted by atomic mass is 10.0. The fraction of sp³-hybridized carbons (Fsp3) is 0.900. The van der Waals surface area contributed by atoms with Gasteiger partial charge >= 0.3 is 5.97 Å². The van der Waals surface area contributed by atoms with Crippen molar-refractivity contribution in [3.8, 4) is 0 Å². The largest absolute Gasteiger partial charge is 0.465 e. The lowest BCUT2D eigenvalue weighted by molar-refractivity contribution is -0.144. The highest BCUT2D eigenvalue weighted by molar-refractivity contribution is 7.89. The van der Waals surface area contributed by atoms with Crippen molar-refractivity contribution in [1.82, 2.24) is 4.72 Å². The molecule has 1 N–H and O–H groups in total. The van der Waals surface area contributed by atoms with E-state index in [2.05, 4.69) is 4.72 Å². The first-order valence-electron chi connectivity index (χ1n) is 5.24. The van der Waals surface area contributed by atoms with Gasteiger partial charge in [-0.25, -0.2) is 13.1 Å². The minimum atomic E-state index is -3.45. The van der Waals surface area contributed by atoms with Crippen molar-refractivity contribution in [2.24, 2.45) is 5.41 Å². The van der Waals surface area contributed by atoms with Crippen LogP contribution in [0.1, 0.15) is 34.6 Å². The van der Waals surface area contributed by atoms with Crippen LogP contribution in [0.15, 0.2) is 0 Å². The second-order valence-electron chi connectivity index (χ2n) is 4.91. The molecule has 0 rings (SSSR count). The summed E-state index contributed by atoms with van der Waals surface area (Å²) in [6.45, 7) is 8.85. The van der Waals surface area contributed by atoms with Gasteiger partial charge in [0.25, 0.3) is 0 Å². The van der Waals surface area contributed by atoms with Crippen molar-refractivity contribution >= 4 is 16.0 Å². The van der Waals surface area contributed by atoms with Gasteiger partial charge in [-0.3, -0.25) is 4.79 Å². The summed E-state index contributed by atoms with van der Waals surface area (Å²) < 4.78 is 30.3. The van der Waals surface area contributed by atoms with Crippen LogP contribution in [0.5, 0.6) is 0 Å². The first-order chi connectivity index (χ1) is 7.07. The SMILES string of the molecule is CCOC(=O)C(C)NS(=O)(=O)CC(C)(C)C. The van der Waals surface area contributed by atoms with Crippen molar-refractivity contribution in [1.29, 1.82) is 0 Å². The van der Waals surface area contributed by atoms with E-state index in [4.69, 9.17) is 4.74 Å². The maximum Gasteiger partial charge on any atom is 0.323 e. The zero-order valence-electron chi connectivity index (χ0n) is 10.5. The van der Waals surface area contributed by atoms with E-state index in [1.165, 1.54) is 6.92 Å². The van der Waals surface area contributed by atoms with E-state index in [1.807, 2.05) is 20.8 Å². The van der Waals surface area contributed by atoms with Gasteiger partial charge in [-0.15, -0.1) is 0 Å². The highest BCUT2D eigenvalue weighted by atomic mass is 32.2. The molecule has 0 saturated carbocycles. The zero-order valence-corrected chi connectivity index (χ0v) is 11.3. The van der Waals surface area contributed by atoms with Crippen LogP contribution in [0.3, 0.4) is 0 Å². The minimum Gasteiger partial charge on any atom is -0.465 e. The fourth-order valence-corrected chi connectivity index (χ4v) is 3.05. The third-order valence-corrected chi connectivity index (χ3v) is 3.58. The summed E-state index contributed by atoms with van der Waals surface area (Å²) in [6.07, 6.45) is 0. The number of sulfonamides is 1. The summed E-state index contributed by atoms with van der Waals surface area (Å²) in [5.41, 5.74) is -0.347. The average Bonchev–Trinajstić information content (AvgIpc) is 1.98. The molecule has 96 valence electrons. The van der Waals surface area contributed by atoms with E-state index in [0.29, 0.717) is 0 Å². The maximum absolute atomic E-state index is 11.6. The monoisotopic (exact) mass is 251 g/mol. The molecular weight excluding hydrogens is 230 g/mol. The molecule has 0 aromatic carbocycles. The summed E-state index contributed by atoms with van der Waals surface area (Å²) in [5, 5.41) is 0. The Balaban J connectivity index is 4.43. The van der Waals surface area contributed by atoms with Crippen LogP contribution in [-0.2, 0) is 19.6 Å². The highest BCUT2D eigenvalue weighted by Gasteiger charge is 2.25. The van der Waals surface area contributed by atoms with Gasteiger partial charge in [-0.1, -0.05) is 20.8 Å². The minimum absolute atomic E-state index is 0.0241. The first kappa shape index (κ1) is 15.4. The topological polar surface area (TPSA) is 72.5 Å². The Hall–Kier alpha value is -0.620. The van der Waals surface area contributed by atoms with Crippen LogP contribution in [0.25, 0.3) is 0 Å². The molecule has 0 fully saturated rings. The van der Waals surface area contributed by atoms with Crippen LogP contribution in [0, 0.1) is 5.41 Å². The molecular formula is C10H21NO4S. The lowest BCUT2D eigenvalue weighted by Gasteiger charge is -2.20. The number of esters is 1. The quantitative estimate of drug-likeness (QED) is 0.737. The van der Waals surface area contributed by atoms with Gasteiger partial charge in [0, 0.05) is 0 Å². The molecule has 1 atom stereocenters. The molecule has 16 heavy (non-hydrogen) atoms. The highest BCUT2D eigenvalue weighted by Crippen LogP contribution is 2.15. The smallest absolute Gasteiger partial charge is 0.323 e. The molecule has 0 heterocycles. The molecule has 0 spiro atoms. The normalized spacial score (nSPS) is 14.6. The molecule has 0 aromatic heterocycles. The van der Waals surface area contributed by atoms with E-state index < -0.39 is 22.0 Å². The lowest BCUT2D eigenvalue weighted by Crippen LogP contribution is -2.42. The fourth-order valence-electron chi connectivity index (χ4n) is 1.20. The molecule has 5 nitrogen and oxygen atoms in total. The molecule has 0 aliphatic rings. The molecule has 1 unspecified atom stereocenters. The Kier molecular flexibility index (Phi) is 5.41. The number of ether oxygens (including phenoxy) is 1. The van der Waals surface area contributed by atoms with Gasteiger partial charge in [-0.05, 0) is 19.3 Å². The van der Waals surface area contributed by atoms with Crippen molar-refractivity contribution in [2.75, 3.05) is 12.4 Å². The van der Waals surface area contributed by atoms with E-state index in [-0.39, 0.29) is 17.8 Å². The Bertz CT molecular complexity index is 329. The number of carbonyl (C=O) groups is 1. The number of hydrogen-bond donors (Lipinski definition) is 1. The summed E-state index contributed by atoms with van der Waals surface area (Å²) >= 11 is 0. The van der Waals surface area contributed by atoms with E-state index in [9.17, 15) is 13.2 Å². The molecule has 0 amide bonds. The number of hydrogen-bond acceptors (Lipinski definition) is 4. The molecule has 0 bridgehead atoms. The maximum atomic E-state index is 11.6. The van der Waals surface area contributed by atoms with Crippen molar-refractivity contribution < 1.29 is 17.9 Å². The molecule has 0 saturated heterocycles. The number of nitrogens with one attached hydrogen (secondary N) is 1. The van der Waals surface area contributed by atoms with Crippen molar-refractivity contribution in [3.05, 3.63) is 0 Å². The predicted molar refractivity (Wildman–Crippen MR) is 62.5 cm³/mol. The molecule has 0 radical (unpaired) electrons. The Morgan fingerprint density at radius 1 is 1.38 bits per heavy atom. The van der Waals surface area contributed by atoms with Gasteiger partial charge < -0.3 is 4.74 Å². The van der Waals surface area contributed by atoms with E-state index >= 15 is 0 Å². The molecule has 0 aliphatic heterocycles. The van der Waals surface area contributed by atoms with Crippen molar-refractivity contribution in [2.45, 2.75) is 40.7 Å². The number of rotatable bonds is 5. The molecule has 0 aliphatic carbocycles. The third-order valence-electron chi connectivity index (χ3n) is 1.62. The Labute approximate surface area is 97.6 Å². The van der Waals surface area contributed by atoms with Gasteiger partial charge in [-0.2, -0.15) is 0 Å². The predicted octanol–water partition coefficient (Wildman–Crippen LogP) is 0.903. The Morgan fingerprint density at radius 3 is 2.25 bits per heavy atom. The van der Waals surface area contributed by atoms with Crippen LogP contribution in [0.2, 0.25) is 0 Å². The van der Waals surface area contributed by atoms with Gasteiger partial charge in [0.15, 0.2) is 0 Å². The summed E-state index contributed by atoms with van der Waals surface area (Å²) in [4.78, 5) is 11.2. The van der Waals surface area contributed by atoms with Crippen molar-refractivity contribution in [3.63, 3.8) is 0 Å². The summed E-state index contributed by atoms with van der Waals surface area (Å²) in [5.74, 6) is -0.580. The third kappa shape index (κ3) is 6.79. The summed E-state index contributed by atoms with van der Waals surface area (Å²) in [6, 6.07) is -0.840. The van der Waals surface area contributed by atoms with Gasteiger partial charge in [0.05, 0.1) is 12.4 Å². The van der Waals surface area contributed by atoms with Gasteiger partial charge in [0.2, 0.25) is 10.0 Å². The Morgan fingerprint density at radius 2 is 1.88 bits per heavy atom. The summed E-state index contributed by atoms with van der Waals surface area (Å²) in [7, 11) is -3.45. The van der Waals surface area contributed by atoms with E-state index in [1.54, 1.807) is 6.92 Å². The van der Waals surface area contributed by atoms with Crippen LogP contribution in [-0.4, -0.2) is 32.8 Å². The van der Waals surface area contributed by atoms with Crippen LogP contribution in [0.4, 0.5) is 0 Å². The second kappa shape index (κ2) is 5.63. The van der Waals surface area contributed by atoms with Crippen LogP contribution >= 0.6 is 0 Å². The first-order valence-corrected chi connectivity index (χ1v) is 6.89. The second-order valence-corrected chi connectivity index (χ2v) is 6.67.